The third-order valence-electron chi connectivity index (χ3n) is 2.64. The molecule has 0 saturated carbocycles. The Balaban J connectivity index is 3.21. The molecule has 3 heteroatoms. The van der Waals surface area contributed by atoms with E-state index in [0.717, 1.165) is 16.9 Å². The quantitative estimate of drug-likeness (QED) is 0.811. The number of nitrogens with two attached hydrogens (primary N) is 1. The Bertz CT molecular complexity index is 434. The molecule has 1 rings (SSSR count). The minimum Gasteiger partial charge on any atom is -0.496 e. The molecule has 17 heavy (non-hydrogen) atoms. The van der Waals surface area contributed by atoms with Gasteiger partial charge >= 0.3 is 0 Å². The van der Waals surface area contributed by atoms with E-state index >= 15 is 0 Å². The van der Waals surface area contributed by atoms with Gasteiger partial charge in [-0.3, -0.25) is 4.99 Å². The van der Waals surface area contributed by atoms with E-state index in [1.54, 1.807) is 26.6 Å². The average molecular weight is 232 g/mol. The van der Waals surface area contributed by atoms with Gasteiger partial charge in [0.2, 0.25) is 0 Å². The van der Waals surface area contributed by atoms with E-state index in [1.807, 2.05) is 12.1 Å². The van der Waals surface area contributed by atoms with Crippen molar-refractivity contribution < 1.29 is 4.74 Å². The minimum absolute atomic E-state index is 0.434. The van der Waals surface area contributed by atoms with Crippen LogP contribution in [0.2, 0.25) is 0 Å². The third-order valence-corrected chi connectivity index (χ3v) is 2.64. The molecule has 3 nitrogen and oxygen atoms in total. The van der Waals surface area contributed by atoms with Crippen molar-refractivity contribution in [2.75, 3.05) is 14.2 Å². The Kier molecular flexibility index (Phi) is 4.76. The Morgan fingerprint density at radius 2 is 2.12 bits per heavy atom. The van der Waals surface area contributed by atoms with Gasteiger partial charge in [-0.2, -0.15) is 0 Å². The molecule has 0 atom stereocenters. The van der Waals surface area contributed by atoms with Crippen LogP contribution in [0.5, 0.6) is 5.75 Å². The molecule has 0 aromatic heterocycles. The van der Waals surface area contributed by atoms with E-state index in [4.69, 9.17) is 10.5 Å². The van der Waals surface area contributed by atoms with Crippen LogP contribution in [0.25, 0.3) is 5.57 Å². The first-order valence-electron chi connectivity index (χ1n) is 5.66. The summed E-state index contributed by atoms with van der Waals surface area (Å²) < 4.78 is 5.41. The third kappa shape index (κ3) is 3.09. The van der Waals surface area contributed by atoms with E-state index in [0.29, 0.717) is 5.92 Å². The fraction of sp³-hybridized carbons (Fsp3) is 0.357. The summed E-state index contributed by atoms with van der Waals surface area (Å²) in [4.78, 5) is 3.98. The van der Waals surface area contributed by atoms with Gasteiger partial charge in [-0.15, -0.1) is 0 Å². The van der Waals surface area contributed by atoms with E-state index in [9.17, 15) is 0 Å². The molecular formula is C14H20N2O. The summed E-state index contributed by atoms with van der Waals surface area (Å²) in [5.41, 5.74) is 8.68. The van der Waals surface area contributed by atoms with Gasteiger partial charge in [0, 0.05) is 25.0 Å². The Morgan fingerprint density at radius 3 is 2.59 bits per heavy atom. The Labute approximate surface area is 103 Å². The fourth-order valence-corrected chi connectivity index (χ4v) is 1.72. The molecule has 1 aromatic rings. The molecule has 0 fully saturated rings. The molecule has 1 aromatic carbocycles. The molecule has 0 aliphatic rings. The molecule has 0 saturated heterocycles. The number of allylic oxidation sites excluding steroid dienone is 1. The van der Waals surface area contributed by atoms with E-state index in [1.165, 1.54) is 5.56 Å². The van der Waals surface area contributed by atoms with E-state index in [2.05, 4.69) is 24.9 Å². The standard InChI is InChI=1S/C14H20N2O/c1-10(2)13-6-5-11(7-14(13)17-4)12(8-15)9-16-3/h5-10H,15H2,1-4H3. The van der Waals surface area contributed by atoms with Gasteiger partial charge in [0.05, 0.1) is 7.11 Å². The largest absolute Gasteiger partial charge is 0.496 e. The lowest BCUT2D eigenvalue weighted by Gasteiger charge is -2.13. The van der Waals surface area contributed by atoms with E-state index < -0.39 is 0 Å². The highest BCUT2D eigenvalue weighted by atomic mass is 16.5. The summed E-state index contributed by atoms with van der Waals surface area (Å²) in [6, 6.07) is 6.11. The molecule has 0 aliphatic heterocycles. The van der Waals surface area contributed by atoms with Crippen LogP contribution >= 0.6 is 0 Å². The van der Waals surface area contributed by atoms with Gasteiger partial charge in [0.15, 0.2) is 0 Å². The van der Waals surface area contributed by atoms with Crippen LogP contribution < -0.4 is 10.5 Å². The van der Waals surface area contributed by atoms with Crippen molar-refractivity contribution in [1.29, 1.82) is 0 Å². The van der Waals surface area contributed by atoms with Crippen molar-refractivity contribution in [1.82, 2.24) is 0 Å². The predicted octanol–water partition coefficient (Wildman–Crippen LogP) is 2.82. The first-order chi connectivity index (χ1) is 8.13. The first-order valence-corrected chi connectivity index (χ1v) is 5.66. The SMILES string of the molecule is CN=CC(=CN)c1ccc(C(C)C)c(OC)c1. The number of benzene rings is 1. The number of rotatable bonds is 4. The van der Waals surface area contributed by atoms with Gasteiger partial charge in [0.25, 0.3) is 0 Å². The van der Waals surface area contributed by atoms with Gasteiger partial charge < -0.3 is 10.5 Å². The summed E-state index contributed by atoms with van der Waals surface area (Å²) >= 11 is 0. The monoisotopic (exact) mass is 232 g/mol. The summed E-state index contributed by atoms with van der Waals surface area (Å²) in [5, 5.41) is 0. The molecule has 0 radical (unpaired) electrons. The number of hydrogen-bond acceptors (Lipinski definition) is 3. The maximum Gasteiger partial charge on any atom is 0.122 e. The minimum atomic E-state index is 0.434. The summed E-state index contributed by atoms with van der Waals surface area (Å²) in [5.74, 6) is 1.32. The molecule has 0 heterocycles. The van der Waals surface area contributed by atoms with Crippen molar-refractivity contribution in [2.24, 2.45) is 10.7 Å². The maximum atomic E-state index is 5.59. The molecule has 92 valence electrons. The number of aliphatic imine (C=N–C) groups is 1. The van der Waals surface area contributed by atoms with Crippen molar-refractivity contribution in [3.63, 3.8) is 0 Å². The average Bonchev–Trinajstić information content (AvgIpc) is 2.34. The number of ether oxygens (including phenoxy) is 1. The van der Waals surface area contributed by atoms with Crippen LogP contribution in [0.4, 0.5) is 0 Å². The smallest absolute Gasteiger partial charge is 0.122 e. The summed E-state index contributed by atoms with van der Waals surface area (Å²) in [7, 11) is 3.41. The molecule has 0 bridgehead atoms. The van der Waals surface area contributed by atoms with Gasteiger partial charge in [-0.25, -0.2) is 0 Å². The molecular weight excluding hydrogens is 212 g/mol. The zero-order chi connectivity index (χ0) is 12.8. The zero-order valence-electron chi connectivity index (χ0n) is 10.9. The summed E-state index contributed by atoms with van der Waals surface area (Å²) in [6.07, 6.45) is 3.29. The van der Waals surface area contributed by atoms with Crippen LogP contribution in [0.15, 0.2) is 29.4 Å². The highest BCUT2D eigenvalue weighted by Crippen LogP contribution is 2.29. The fourth-order valence-electron chi connectivity index (χ4n) is 1.72. The van der Waals surface area contributed by atoms with Crippen molar-refractivity contribution in [2.45, 2.75) is 19.8 Å². The number of nitrogens with zero attached hydrogens (tertiary/aromatic N) is 1. The van der Waals surface area contributed by atoms with Gasteiger partial charge in [0.1, 0.15) is 5.75 Å². The van der Waals surface area contributed by atoms with Crippen LogP contribution in [0.1, 0.15) is 30.9 Å². The first kappa shape index (κ1) is 13.3. The highest BCUT2D eigenvalue weighted by molar-refractivity contribution is 6.09. The second-order valence-corrected chi connectivity index (χ2v) is 4.12. The number of methoxy groups -OCH3 is 1. The molecule has 0 spiro atoms. The lowest BCUT2D eigenvalue weighted by Crippen LogP contribution is -1.97. The van der Waals surface area contributed by atoms with Crippen LogP contribution in [0, 0.1) is 0 Å². The lowest BCUT2D eigenvalue weighted by molar-refractivity contribution is 0.407. The molecule has 0 aliphatic carbocycles. The molecule has 2 N–H and O–H groups in total. The summed E-state index contributed by atoms with van der Waals surface area (Å²) in [6.45, 7) is 4.29. The maximum absolute atomic E-state index is 5.59. The van der Waals surface area contributed by atoms with E-state index in [-0.39, 0.29) is 0 Å². The Morgan fingerprint density at radius 1 is 1.41 bits per heavy atom. The highest BCUT2D eigenvalue weighted by Gasteiger charge is 2.09. The van der Waals surface area contributed by atoms with Crippen molar-refractivity contribution >= 4 is 11.8 Å². The second kappa shape index (κ2) is 6.09. The van der Waals surface area contributed by atoms with Gasteiger partial charge in [-0.05, 0) is 23.1 Å². The molecule has 0 unspecified atom stereocenters. The van der Waals surface area contributed by atoms with Crippen LogP contribution in [-0.4, -0.2) is 20.4 Å². The normalized spacial score (nSPS) is 12.4. The lowest BCUT2D eigenvalue weighted by atomic mass is 9.98. The van der Waals surface area contributed by atoms with Crippen LogP contribution in [-0.2, 0) is 0 Å². The van der Waals surface area contributed by atoms with Gasteiger partial charge in [-0.1, -0.05) is 26.0 Å². The van der Waals surface area contributed by atoms with Crippen LogP contribution in [0.3, 0.4) is 0 Å². The molecule has 0 amide bonds. The van der Waals surface area contributed by atoms with Crippen molar-refractivity contribution in [3.8, 4) is 5.75 Å². The topological polar surface area (TPSA) is 47.6 Å². The second-order valence-electron chi connectivity index (χ2n) is 4.12. The van der Waals surface area contributed by atoms with Crippen molar-refractivity contribution in [3.05, 3.63) is 35.5 Å². The number of hydrogen-bond donors (Lipinski definition) is 1. The predicted molar refractivity (Wildman–Crippen MR) is 73.7 cm³/mol. The zero-order valence-corrected chi connectivity index (χ0v) is 10.9. The Hall–Kier alpha value is -1.77.